The summed E-state index contributed by atoms with van der Waals surface area (Å²) in [5.41, 5.74) is 0.181. The Balaban J connectivity index is 3.47. The van der Waals surface area contributed by atoms with Gasteiger partial charge in [-0.3, -0.25) is 4.31 Å². The minimum Gasteiger partial charge on any atom is -0.495 e. The summed E-state index contributed by atoms with van der Waals surface area (Å²) in [5, 5.41) is 0.325. The molecule has 0 bridgehead atoms. The SMILES string of the molecule is COC(=O)[C@@H](C)N(c1cc(Cl)ccc1OC)S(C)(=O)=O. The van der Waals surface area contributed by atoms with Crippen LogP contribution in [-0.2, 0) is 19.6 Å². The van der Waals surface area contributed by atoms with E-state index in [0.29, 0.717) is 5.02 Å². The van der Waals surface area contributed by atoms with Crippen LogP contribution in [0.5, 0.6) is 5.75 Å². The number of benzene rings is 1. The Morgan fingerprint density at radius 1 is 1.35 bits per heavy atom. The minimum atomic E-state index is -3.73. The van der Waals surface area contributed by atoms with E-state index >= 15 is 0 Å². The number of carbonyl (C=O) groups is 1. The van der Waals surface area contributed by atoms with Gasteiger partial charge in [-0.2, -0.15) is 0 Å². The van der Waals surface area contributed by atoms with Crippen molar-refractivity contribution >= 4 is 33.3 Å². The van der Waals surface area contributed by atoms with Crippen molar-refractivity contribution in [1.29, 1.82) is 0 Å². The third-order valence-electron chi connectivity index (χ3n) is 2.63. The fraction of sp³-hybridized carbons (Fsp3) is 0.417. The lowest BCUT2D eigenvalue weighted by Gasteiger charge is -2.28. The van der Waals surface area contributed by atoms with Crippen LogP contribution in [0.2, 0.25) is 5.02 Å². The van der Waals surface area contributed by atoms with E-state index in [1.165, 1.54) is 33.3 Å². The van der Waals surface area contributed by atoms with E-state index in [4.69, 9.17) is 16.3 Å². The summed E-state index contributed by atoms with van der Waals surface area (Å²) in [5.74, 6) is -0.395. The number of hydrogen-bond acceptors (Lipinski definition) is 5. The van der Waals surface area contributed by atoms with Gasteiger partial charge in [0.15, 0.2) is 0 Å². The van der Waals surface area contributed by atoms with E-state index in [0.717, 1.165) is 10.6 Å². The Kier molecular flexibility index (Phi) is 5.24. The van der Waals surface area contributed by atoms with E-state index in [-0.39, 0.29) is 11.4 Å². The second-order valence-corrected chi connectivity index (χ2v) is 6.37. The molecular formula is C12H16ClNO5S. The molecule has 0 fully saturated rings. The highest BCUT2D eigenvalue weighted by Gasteiger charge is 2.32. The Morgan fingerprint density at radius 3 is 2.40 bits per heavy atom. The Labute approximate surface area is 123 Å². The lowest BCUT2D eigenvalue weighted by molar-refractivity contribution is -0.141. The second-order valence-electron chi connectivity index (χ2n) is 4.07. The van der Waals surface area contributed by atoms with Gasteiger partial charge in [0.25, 0.3) is 0 Å². The van der Waals surface area contributed by atoms with Crippen molar-refractivity contribution in [3.8, 4) is 5.75 Å². The number of nitrogens with zero attached hydrogens (tertiary/aromatic N) is 1. The van der Waals surface area contributed by atoms with Crippen LogP contribution in [0.4, 0.5) is 5.69 Å². The summed E-state index contributed by atoms with van der Waals surface area (Å²) in [6.07, 6.45) is 0.993. The number of esters is 1. The molecule has 0 heterocycles. The molecule has 20 heavy (non-hydrogen) atoms. The molecule has 0 saturated carbocycles. The normalized spacial score (nSPS) is 12.7. The topological polar surface area (TPSA) is 72.9 Å². The molecule has 112 valence electrons. The highest BCUT2D eigenvalue weighted by molar-refractivity contribution is 7.92. The number of carbonyl (C=O) groups excluding carboxylic acids is 1. The summed E-state index contributed by atoms with van der Waals surface area (Å²) in [6.45, 7) is 1.42. The molecule has 1 aromatic carbocycles. The lowest BCUT2D eigenvalue weighted by atomic mass is 10.2. The molecule has 0 aliphatic rings. The lowest BCUT2D eigenvalue weighted by Crippen LogP contribution is -2.43. The predicted molar refractivity (Wildman–Crippen MR) is 76.8 cm³/mol. The third-order valence-corrected chi connectivity index (χ3v) is 4.09. The van der Waals surface area contributed by atoms with Crippen molar-refractivity contribution in [3.05, 3.63) is 23.2 Å². The monoisotopic (exact) mass is 321 g/mol. The molecule has 0 aromatic heterocycles. The zero-order chi connectivity index (χ0) is 15.5. The first kappa shape index (κ1) is 16.6. The predicted octanol–water partition coefficient (Wildman–Crippen LogP) is 1.68. The Hall–Kier alpha value is -1.47. The molecule has 1 rings (SSSR count). The molecule has 0 aliphatic carbocycles. The van der Waals surface area contributed by atoms with E-state index in [2.05, 4.69) is 4.74 Å². The average Bonchev–Trinajstić information content (AvgIpc) is 2.36. The first-order valence-corrected chi connectivity index (χ1v) is 7.85. The summed E-state index contributed by atoms with van der Waals surface area (Å²) in [4.78, 5) is 11.7. The Bertz CT molecular complexity index is 602. The summed E-state index contributed by atoms with van der Waals surface area (Å²) < 4.78 is 34.6. The highest BCUT2D eigenvalue weighted by Crippen LogP contribution is 2.34. The van der Waals surface area contributed by atoms with Gasteiger partial charge in [-0.1, -0.05) is 11.6 Å². The van der Waals surface area contributed by atoms with Gasteiger partial charge in [0.2, 0.25) is 10.0 Å². The van der Waals surface area contributed by atoms with Crippen LogP contribution < -0.4 is 9.04 Å². The number of sulfonamides is 1. The average molecular weight is 322 g/mol. The first-order chi connectivity index (χ1) is 9.22. The van der Waals surface area contributed by atoms with E-state index in [9.17, 15) is 13.2 Å². The van der Waals surface area contributed by atoms with Gasteiger partial charge in [-0.05, 0) is 25.1 Å². The maximum absolute atomic E-state index is 12.0. The van der Waals surface area contributed by atoms with Crippen molar-refractivity contribution in [1.82, 2.24) is 0 Å². The second kappa shape index (κ2) is 6.32. The molecular weight excluding hydrogens is 306 g/mol. The summed E-state index contributed by atoms with van der Waals surface area (Å²) in [7, 11) is -1.14. The number of ether oxygens (including phenoxy) is 2. The molecule has 0 radical (unpaired) electrons. The van der Waals surface area contributed by atoms with Crippen molar-refractivity contribution in [2.45, 2.75) is 13.0 Å². The van der Waals surface area contributed by atoms with Crippen LogP contribution in [0.1, 0.15) is 6.92 Å². The standard InChI is InChI=1S/C12H16ClNO5S/c1-8(12(15)19-3)14(20(4,16)17)10-7-9(13)5-6-11(10)18-2/h5-8H,1-4H3/t8-/m1/s1. The Morgan fingerprint density at radius 2 is 1.95 bits per heavy atom. The van der Waals surface area contributed by atoms with Crippen molar-refractivity contribution < 1.29 is 22.7 Å². The molecule has 0 amide bonds. The molecule has 0 spiro atoms. The zero-order valence-electron chi connectivity index (χ0n) is 11.6. The smallest absolute Gasteiger partial charge is 0.329 e. The molecule has 6 nitrogen and oxygen atoms in total. The largest absolute Gasteiger partial charge is 0.495 e. The van der Waals surface area contributed by atoms with Gasteiger partial charge in [-0.25, -0.2) is 13.2 Å². The van der Waals surface area contributed by atoms with Crippen molar-refractivity contribution in [3.63, 3.8) is 0 Å². The number of hydrogen-bond donors (Lipinski definition) is 0. The van der Waals surface area contributed by atoms with Crippen LogP contribution in [-0.4, -0.2) is 40.9 Å². The van der Waals surface area contributed by atoms with Crippen LogP contribution in [0.3, 0.4) is 0 Å². The molecule has 0 N–H and O–H groups in total. The quantitative estimate of drug-likeness (QED) is 0.771. The fourth-order valence-corrected chi connectivity index (χ4v) is 3.10. The fourth-order valence-electron chi connectivity index (χ4n) is 1.78. The number of rotatable bonds is 5. The maximum Gasteiger partial charge on any atom is 0.329 e. The minimum absolute atomic E-state index is 0.181. The highest BCUT2D eigenvalue weighted by atomic mass is 35.5. The van der Waals surface area contributed by atoms with Crippen molar-refractivity contribution in [2.24, 2.45) is 0 Å². The van der Waals surface area contributed by atoms with Crippen LogP contribution in [0.25, 0.3) is 0 Å². The van der Waals surface area contributed by atoms with E-state index < -0.39 is 22.0 Å². The van der Waals surface area contributed by atoms with Gasteiger partial charge >= 0.3 is 5.97 Å². The van der Waals surface area contributed by atoms with Gasteiger partial charge < -0.3 is 9.47 Å². The maximum atomic E-state index is 12.0. The van der Waals surface area contributed by atoms with E-state index in [1.54, 1.807) is 6.07 Å². The van der Waals surface area contributed by atoms with E-state index in [1.807, 2.05) is 0 Å². The summed E-state index contributed by atoms with van der Waals surface area (Å²) in [6, 6.07) is 3.47. The van der Waals surface area contributed by atoms with Gasteiger partial charge in [0.05, 0.1) is 26.2 Å². The van der Waals surface area contributed by atoms with Gasteiger partial charge in [0.1, 0.15) is 11.8 Å². The van der Waals surface area contributed by atoms with Gasteiger partial charge in [0, 0.05) is 5.02 Å². The number of methoxy groups -OCH3 is 2. The number of anilines is 1. The van der Waals surface area contributed by atoms with Crippen LogP contribution in [0.15, 0.2) is 18.2 Å². The van der Waals surface area contributed by atoms with Crippen LogP contribution >= 0.6 is 11.6 Å². The van der Waals surface area contributed by atoms with Crippen LogP contribution in [0, 0.1) is 0 Å². The number of halogens is 1. The first-order valence-electron chi connectivity index (χ1n) is 5.63. The zero-order valence-corrected chi connectivity index (χ0v) is 13.2. The van der Waals surface area contributed by atoms with Crippen molar-refractivity contribution in [2.75, 3.05) is 24.8 Å². The van der Waals surface area contributed by atoms with Gasteiger partial charge in [-0.15, -0.1) is 0 Å². The molecule has 0 saturated heterocycles. The molecule has 8 heteroatoms. The summed E-state index contributed by atoms with van der Waals surface area (Å²) >= 11 is 5.89. The molecule has 1 atom stereocenters. The molecule has 1 aromatic rings. The third kappa shape index (κ3) is 3.55. The molecule has 0 unspecified atom stereocenters. The molecule has 0 aliphatic heterocycles.